The molecule has 7 nitrogen and oxygen atoms in total. The van der Waals surface area contributed by atoms with E-state index in [1.54, 1.807) is 14.2 Å². The van der Waals surface area contributed by atoms with E-state index in [-0.39, 0.29) is 6.04 Å². The molecule has 1 aromatic heterocycles. The molecule has 1 atom stereocenters. The van der Waals surface area contributed by atoms with E-state index in [2.05, 4.69) is 33.1 Å². The second-order valence-electron chi connectivity index (χ2n) is 6.93. The van der Waals surface area contributed by atoms with Gasteiger partial charge in [-0.1, -0.05) is 35.5 Å². The van der Waals surface area contributed by atoms with Crippen LogP contribution in [0.5, 0.6) is 11.5 Å². The van der Waals surface area contributed by atoms with E-state index in [0.29, 0.717) is 11.7 Å². The Labute approximate surface area is 180 Å². The Morgan fingerprint density at radius 3 is 2.63 bits per heavy atom. The first-order valence-electron chi connectivity index (χ1n) is 9.54. The van der Waals surface area contributed by atoms with Crippen molar-refractivity contribution in [3.8, 4) is 11.5 Å². The fourth-order valence-corrected chi connectivity index (χ4v) is 3.68. The van der Waals surface area contributed by atoms with Crippen LogP contribution >= 0.6 is 12.2 Å². The Morgan fingerprint density at radius 1 is 1.10 bits per heavy atom. The van der Waals surface area contributed by atoms with Crippen molar-refractivity contribution in [2.24, 2.45) is 0 Å². The zero-order valence-electron chi connectivity index (χ0n) is 17.0. The summed E-state index contributed by atoms with van der Waals surface area (Å²) in [6.07, 6.45) is 2.05. The minimum atomic E-state index is -0.173. The first-order chi connectivity index (χ1) is 14.6. The number of ether oxygens (including phenoxy) is 2. The Morgan fingerprint density at radius 2 is 1.90 bits per heavy atom. The van der Waals surface area contributed by atoms with E-state index < -0.39 is 0 Å². The lowest BCUT2D eigenvalue weighted by Crippen LogP contribution is -2.40. The monoisotopic (exact) mass is 421 g/mol. The van der Waals surface area contributed by atoms with Crippen molar-refractivity contribution in [2.45, 2.75) is 19.5 Å². The van der Waals surface area contributed by atoms with Crippen molar-refractivity contribution < 1.29 is 9.47 Å². The third-order valence-electron chi connectivity index (χ3n) is 5.06. The first kappa shape index (κ1) is 19.9. The summed E-state index contributed by atoms with van der Waals surface area (Å²) in [7, 11) is 3.27. The molecular formula is C22H23N5O2S. The number of methoxy groups -OCH3 is 2. The largest absolute Gasteiger partial charge is 0.497 e. The van der Waals surface area contributed by atoms with Gasteiger partial charge in [-0.2, -0.15) is 0 Å². The lowest BCUT2D eigenvalue weighted by molar-refractivity contribution is 0.389. The van der Waals surface area contributed by atoms with Gasteiger partial charge in [-0.05, 0) is 42.9 Å². The van der Waals surface area contributed by atoms with Gasteiger partial charge in [0.2, 0.25) is 0 Å². The average molecular weight is 422 g/mol. The van der Waals surface area contributed by atoms with Gasteiger partial charge in [0, 0.05) is 11.6 Å². The van der Waals surface area contributed by atoms with E-state index in [9.17, 15) is 0 Å². The molecule has 30 heavy (non-hydrogen) atoms. The molecule has 0 radical (unpaired) electrons. The molecule has 1 aliphatic rings. The molecule has 1 aliphatic heterocycles. The fourth-order valence-electron chi connectivity index (χ4n) is 3.45. The van der Waals surface area contributed by atoms with E-state index in [0.717, 1.165) is 34.1 Å². The Hall–Kier alpha value is -3.39. The van der Waals surface area contributed by atoms with Crippen LogP contribution in [0.2, 0.25) is 0 Å². The highest BCUT2D eigenvalue weighted by molar-refractivity contribution is 7.80. The number of hydrogen-bond acceptors (Lipinski definition) is 5. The summed E-state index contributed by atoms with van der Waals surface area (Å²) in [6.45, 7) is 2.67. The summed E-state index contributed by atoms with van der Waals surface area (Å²) in [6, 6.07) is 15.7. The van der Waals surface area contributed by atoms with Crippen molar-refractivity contribution in [1.82, 2.24) is 25.6 Å². The van der Waals surface area contributed by atoms with Crippen LogP contribution in [0.4, 0.5) is 0 Å². The third kappa shape index (κ3) is 3.99. The second kappa shape index (κ2) is 8.54. The Bertz CT molecular complexity index is 1090. The minimum absolute atomic E-state index is 0.173. The summed E-state index contributed by atoms with van der Waals surface area (Å²) in [5.41, 5.74) is 4.67. The predicted molar refractivity (Wildman–Crippen MR) is 119 cm³/mol. The molecule has 0 amide bonds. The maximum atomic E-state index is 5.57. The topological polar surface area (TPSA) is 73.2 Å². The Kier molecular flexibility index (Phi) is 5.67. The first-order valence-corrected chi connectivity index (χ1v) is 9.95. The highest BCUT2D eigenvalue weighted by Crippen LogP contribution is 2.33. The SMILES string of the molecule is COc1ccc(C2C=C(c3nnn(Cc4ccccc4)c3C)NC(=S)N2)c(OC)c1. The molecule has 0 saturated carbocycles. The smallest absolute Gasteiger partial charge is 0.171 e. The molecule has 2 heterocycles. The standard InChI is InChI=1S/C22H23N5O2S/c1-14-21(25-26-27(14)13-15-7-5-4-6-8-15)19-12-18(23-22(30)24-19)17-10-9-16(28-2)11-20(17)29-3/h4-12,18H,13H2,1-3H3,(H2,23,24,30). The van der Waals surface area contributed by atoms with Crippen LogP contribution in [-0.2, 0) is 6.54 Å². The number of aromatic nitrogens is 3. The van der Waals surface area contributed by atoms with Crippen LogP contribution < -0.4 is 20.1 Å². The van der Waals surface area contributed by atoms with Gasteiger partial charge in [-0.15, -0.1) is 5.10 Å². The van der Waals surface area contributed by atoms with Gasteiger partial charge in [0.1, 0.15) is 17.2 Å². The number of benzene rings is 2. The Balaban J connectivity index is 1.66. The highest BCUT2D eigenvalue weighted by atomic mass is 32.1. The summed E-state index contributed by atoms with van der Waals surface area (Å²) in [5, 5.41) is 15.8. The van der Waals surface area contributed by atoms with E-state index in [4.69, 9.17) is 21.7 Å². The molecule has 8 heteroatoms. The summed E-state index contributed by atoms with van der Waals surface area (Å²) in [5.74, 6) is 1.45. The quantitative estimate of drug-likeness (QED) is 0.592. The second-order valence-corrected chi connectivity index (χ2v) is 7.34. The van der Waals surface area contributed by atoms with Crippen LogP contribution in [0.3, 0.4) is 0 Å². The van der Waals surface area contributed by atoms with Crippen molar-refractivity contribution in [1.29, 1.82) is 0 Å². The van der Waals surface area contributed by atoms with Crippen LogP contribution in [0.1, 0.15) is 28.6 Å². The van der Waals surface area contributed by atoms with Gasteiger partial charge in [-0.3, -0.25) is 0 Å². The maximum absolute atomic E-state index is 5.57. The fraction of sp³-hybridized carbons (Fsp3) is 0.227. The maximum Gasteiger partial charge on any atom is 0.171 e. The molecule has 0 aliphatic carbocycles. The van der Waals surface area contributed by atoms with E-state index in [1.165, 1.54) is 5.56 Å². The number of thiocarbonyl (C=S) groups is 1. The molecule has 0 spiro atoms. The molecule has 0 bridgehead atoms. The van der Waals surface area contributed by atoms with E-state index >= 15 is 0 Å². The van der Waals surface area contributed by atoms with Gasteiger partial charge >= 0.3 is 0 Å². The number of nitrogens with one attached hydrogen (secondary N) is 2. The van der Waals surface area contributed by atoms with Gasteiger partial charge in [-0.25, -0.2) is 4.68 Å². The van der Waals surface area contributed by atoms with Crippen molar-refractivity contribution in [3.63, 3.8) is 0 Å². The van der Waals surface area contributed by atoms with E-state index in [1.807, 2.05) is 54.1 Å². The lowest BCUT2D eigenvalue weighted by atomic mass is 10.0. The molecule has 2 aromatic carbocycles. The normalized spacial score (nSPS) is 15.8. The zero-order valence-corrected chi connectivity index (χ0v) is 17.9. The predicted octanol–water partition coefficient (Wildman–Crippen LogP) is 3.21. The summed E-state index contributed by atoms with van der Waals surface area (Å²) in [4.78, 5) is 0. The van der Waals surface area contributed by atoms with Gasteiger partial charge < -0.3 is 20.1 Å². The average Bonchev–Trinajstić information content (AvgIpc) is 3.13. The van der Waals surface area contributed by atoms with Gasteiger partial charge in [0.05, 0.1) is 38.2 Å². The third-order valence-corrected chi connectivity index (χ3v) is 5.28. The van der Waals surface area contributed by atoms with Crippen molar-refractivity contribution in [2.75, 3.05) is 14.2 Å². The zero-order chi connectivity index (χ0) is 21.1. The number of nitrogens with zero attached hydrogens (tertiary/aromatic N) is 3. The van der Waals surface area contributed by atoms with Crippen molar-refractivity contribution in [3.05, 3.63) is 77.1 Å². The summed E-state index contributed by atoms with van der Waals surface area (Å²) < 4.78 is 12.8. The highest BCUT2D eigenvalue weighted by Gasteiger charge is 2.24. The molecule has 154 valence electrons. The van der Waals surface area contributed by atoms with Crippen LogP contribution in [0, 0.1) is 6.92 Å². The lowest BCUT2D eigenvalue weighted by Gasteiger charge is -2.26. The molecule has 1 unspecified atom stereocenters. The van der Waals surface area contributed by atoms with Crippen LogP contribution in [0.25, 0.3) is 5.70 Å². The minimum Gasteiger partial charge on any atom is -0.497 e. The molecular weight excluding hydrogens is 398 g/mol. The number of hydrogen-bond donors (Lipinski definition) is 2. The molecule has 3 aromatic rings. The van der Waals surface area contributed by atoms with Crippen molar-refractivity contribution >= 4 is 23.0 Å². The number of rotatable bonds is 6. The molecule has 2 N–H and O–H groups in total. The molecule has 4 rings (SSSR count). The molecule has 0 saturated heterocycles. The summed E-state index contributed by atoms with van der Waals surface area (Å²) >= 11 is 5.46. The van der Waals surface area contributed by atoms with Crippen LogP contribution in [0.15, 0.2) is 54.6 Å². The van der Waals surface area contributed by atoms with Gasteiger partial charge in [0.15, 0.2) is 5.11 Å². The van der Waals surface area contributed by atoms with Crippen LogP contribution in [-0.4, -0.2) is 34.3 Å². The van der Waals surface area contributed by atoms with Gasteiger partial charge in [0.25, 0.3) is 0 Å². The molecule has 0 fully saturated rings.